The third kappa shape index (κ3) is 2.60. The van der Waals surface area contributed by atoms with E-state index in [0.29, 0.717) is 26.1 Å². The van der Waals surface area contributed by atoms with Gasteiger partial charge >= 0.3 is 0 Å². The fraction of sp³-hybridized carbons (Fsp3) is 0.455. The number of hydrogen-bond donors (Lipinski definition) is 1. The second kappa shape index (κ2) is 5.24. The number of nitro benzene ring substituents is 1. The van der Waals surface area contributed by atoms with Crippen molar-refractivity contribution in [3.05, 3.63) is 34.4 Å². The molecule has 0 radical (unpaired) electrons. The van der Waals surface area contributed by atoms with Crippen molar-refractivity contribution in [1.82, 2.24) is 4.31 Å². The van der Waals surface area contributed by atoms with Crippen LogP contribution in [0.4, 0.5) is 5.69 Å². The number of nitrogens with two attached hydrogens (primary N) is 1. The average molecular weight is 285 g/mol. The molecule has 0 spiro atoms. The normalized spacial score (nSPS) is 20.6. The number of para-hydroxylation sites is 1. The standard InChI is InChI=1S/C11H15N3O4S/c12-7-9-5-6-13(8-9)19(17,18)11-4-2-1-3-10(11)14(15)16/h1-4,9H,5-8,12H2. The van der Waals surface area contributed by atoms with Crippen LogP contribution in [0, 0.1) is 16.0 Å². The Morgan fingerprint density at radius 3 is 2.68 bits per heavy atom. The molecule has 2 rings (SSSR count). The van der Waals surface area contributed by atoms with Gasteiger partial charge in [0.15, 0.2) is 4.90 Å². The van der Waals surface area contributed by atoms with Crippen LogP contribution in [0.2, 0.25) is 0 Å². The highest BCUT2D eigenvalue weighted by Crippen LogP contribution is 2.29. The summed E-state index contributed by atoms with van der Waals surface area (Å²) in [5.74, 6) is 0.123. The molecule has 2 N–H and O–H groups in total. The van der Waals surface area contributed by atoms with Crippen LogP contribution < -0.4 is 5.73 Å². The predicted octanol–water partition coefficient (Wildman–Crippen LogP) is 0.564. The van der Waals surface area contributed by atoms with Crippen LogP contribution >= 0.6 is 0 Å². The van der Waals surface area contributed by atoms with Gasteiger partial charge in [0, 0.05) is 19.2 Å². The molecule has 1 heterocycles. The zero-order valence-corrected chi connectivity index (χ0v) is 11.0. The van der Waals surface area contributed by atoms with Crippen molar-refractivity contribution in [2.45, 2.75) is 11.3 Å². The Morgan fingerprint density at radius 2 is 2.11 bits per heavy atom. The minimum Gasteiger partial charge on any atom is -0.330 e. The monoisotopic (exact) mass is 285 g/mol. The summed E-state index contributed by atoms with van der Waals surface area (Å²) in [6, 6.07) is 5.40. The molecule has 1 aromatic carbocycles. The summed E-state index contributed by atoms with van der Waals surface area (Å²) >= 11 is 0. The van der Waals surface area contributed by atoms with Gasteiger partial charge in [-0.05, 0) is 24.9 Å². The molecule has 1 atom stereocenters. The van der Waals surface area contributed by atoms with E-state index >= 15 is 0 Å². The summed E-state index contributed by atoms with van der Waals surface area (Å²) in [4.78, 5) is 9.98. The van der Waals surface area contributed by atoms with E-state index < -0.39 is 20.6 Å². The number of nitrogens with zero attached hydrogens (tertiary/aromatic N) is 2. The van der Waals surface area contributed by atoms with Crippen molar-refractivity contribution < 1.29 is 13.3 Å². The SMILES string of the molecule is NCC1CCN(S(=O)(=O)c2ccccc2[N+](=O)[O-])C1. The lowest BCUT2D eigenvalue weighted by atomic mass is 10.1. The van der Waals surface area contributed by atoms with Crippen molar-refractivity contribution in [2.24, 2.45) is 11.7 Å². The topological polar surface area (TPSA) is 107 Å². The number of sulfonamides is 1. The first-order valence-corrected chi connectivity index (χ1v) is 7.34. The smallest absolute Gasteiger partial charge is 0.289 e. The maximum absolute atomic E-state index is 12.4. The van der Waals surface area contributed by atoms with Gasteiger partial charge in [0.05, 0.1) is 4.92 Å². The first kappa shape index (κ1) is 13.9. The molecule has 0 amide bonds. The molecule has 0 aromatic heterocycles. The highest BCUT2D eigenvalue weighted by atomic mass is 32.2. The second-order valence-corrected chi connectivity index (χ2v) is 6.38. The molecular weight excluding hydrogens is 270 g/mol. The lowest BCUT2D eigenvalue weighted by Crippen LogP contribution is -2.30. The van der Waals surface area contributed by atoms with Crippen LogP contribution in [0.5, 0.6) is 0 Å². The van der Waals surface area contributed by atoms with Gasteiger partial charge in [-0.1, -0.05) is 12.1 Å². The van der Waals surface area contributed by atoms with Crippen molar-refractivity contribution >= 4 is 15.7 Å². The summed E-state index contributed by atoms with van der Waals surface area (Å²) < 4.78 is 26.1. The highest BCUT2D eigenvalue weighted by molar-refractivity contribution is 7.89. The largest absolute Gasteiger partial charge is 0.330 e. The molecule has 104 valence electrons. The van der Waals surface area contributed by atoms with Gasteiger partial charge in [-0.3, -0.25) is 10.1 Å². The summed E-state index contributed by atoms with van der Waals surface area (Å²) in [5.41, 5.74) is 5.14. The minimum absolute atomic E-state index is 0.123. The molecule has 1 unspecified atom stereocenters. The van der Waals surface area contributed by atoms with E-state index in [1.54, 1.807) is 0 Å². The van der Waals surface area contributed by atoms with Crippen molar-refractivity contribution in [3.63, 3.8) is 0 Å². The third-order valence-electron chi connectivity index (χ3n) is 3.26. The molecule has 1 saturated heterocycles. The van der Waals surface area contributed by atoms with Gasteiger partial charge in [0.25, 0.3) is 5.69 Å². The lowest BCUT2D eigenvalue weighted by Gasteiger charge is -2.16. The van der Waals surface area contributed by atoms with E-state index in [2.05, 4.69) is 0 Å². The lowest BCUT2D eigenvalue weighted by molar-refractivity contribution is -0.387. The third-order valence-corrected chi connectivity index (χ3v) is 5.17. The molecule has 7 nitrogen and oxygen atoms in total. The fourth-order valence-electron chi connectivity index (χ4n) is 2.17. The van der Waals surface area contributed by atoms with Gasteiger partial charge in [-0.15, -0.1) is 0 Å². The van der Waals surface area contributed by atoms with Gasteiger partial charge < -0.3 is 5.73 Å². The zero-order valence-electron chi connectivity index (χ0n) is 10.2. The van der Waals surface area contributed by atoms with E-state index in [-0.39, 0.29) is 10.8 Å². The maximum atomic E-state index is 12.4. The average Bonchev–Trinajstić information content (AvgIpc) is 2.88. The molecule has 1 aromatic rings. The Bertz CT molecular complexity index is 587. The molecule has 19 heavy (non-hydrogen) atoms. The van der Waals surface area contributed by atoms with E-state index in [1.807, 2.05) is 0 Å². The molecule has 1 fully saturated rings. The zero-order chi connectivity index (χ0) is 14.0. The van der Waals surface area contributed by atoms with E-state index in [4.69, 9.17) is 5.73 Å². The number of nitro groups is 1. The first-order chi connectivity index (χ1) is 8.96. The van der Waals surface area contributed by atoms with Gasteiger partial charge in [0.2, 0.25) is 10.0 Å². The molecule has 0 saturated carbocycles. The summed E-state index contributed by atoms with van der Waals surface area (Å²) in [6.07, 6.45) is 0.691. The van der Waals surface area contributed by atoms with Crippen molar-refractivity contribution in [3.8, 4) is 0 Å². The Labute approximate surface area is 111 Å². The Morgan fingerprint density at radius 1 is 1.42 bits per heavy atom. The molecule has 0 aliphatic carbocycles. The van der Waals surface area contributed by atoms with Crippen LogP contribution in [0.3, 0.4) is 0 Å². The Hall–Kier alpha value is -1.51. The maximum Gasteiger partial charge on any atom is 0.289 e. The Kier molecular flexibility index (Phi) is 3.83. The number of benzene rings is 1. The number of hydrogen-bond acceptors (Lipinski definition) is 5. The molecule has 1 aliphatic rings. The summed E-state index contributed by atoms with van der Waals surface area (Å²) in [6.45, 7) is 1.10. The van der Waals surface area contributed by atoms with E-state index in [1.165, 1.54) is 28.6 Å². The second-order valence-electron chi connectivity index (χ2n) is 4.48. The van der Waals surface area contributed by atoms with Crippen LogP contribution in [0.15, 0.2) is 29.2 Å². The van der Waals surface area contributed by atoms with Crippen LogP contribution in [-0.4, -0.2) is 37.3 Å². The predicted molar refractivity (Wildman–Crippen MR) is 69.0 cm³/mol. The summed E-state index contributed by atoms with van der Waals surface area (Å²) in [5, 5.41) is 10.9. The van der Waals surface area contributed by atoms with E-state index in [0.717, 1.165) is 0 Å². The first-order valence-electron chi connectivity index (χ1n) is 5.90. The summed E-state index contributed by atoms with van der Waals surface area (Å²) in [7, 11) is -3.82. The van der Waals surface area contributed by atoms with Gasteiger partial charge in [-0.25, -0.2) is 8.42 Å². The fourth-order valence-corrected chi connectivity index (χ4v) is 3.86. The Balaban J connectivity index is 2.38. The van der Waals surface area contributed by atoms with Crippen LogP contribution in [0.1, 0.15) is 6.42 Å². The quantitative estimate of drug-likeness (QED) is 0.642. The van der Waals surface area contributed by atoms with Crippen LogP contribution in [0.25, 0.3) is 0 Å². The van der Waals surface area contributed by atoms with Crippen molar-refractivity contribution in [2.75, 3.05) is 19.6 Å². The molecule has 1 aliphatic heterocycles. The molecular formula is C11H15N3O4S. The highest BCUT2D eigenvalue weighted by Gasteiger charge is 2.35. The van der Waals surface area contributed by atoms with Gasteiger partial charge in [-0.2, -0.15) is 4.31 Å². The molecule has 0 bridgehead atoms. The van der Waals surface area contributed by atoms with Crippen LogP contribution in [-0.2, 0) is 10.0 Å². The van der Waals surface area contributed by atoms with Gasteiger partial charge in [0.1, 0.15) is 0 Å². The van der Waals surface area contributed by atoms with E-state index in [9.17, 15) is 18.5 Å². The number of rotatable bonds is 4. The van der Waals surface area contributed by atoms with Crippen molar-refractivity contribution in [1.29, 1.82) is 0 Å². The molecule has 8 heteroatoms. The minimum atomic E-state index is -3.82.